The van der Waals surface area contributed by atoms with Crippen LogP contribution in [-0.2, 0) is 33.6 Å². The third-order valence-corrected chi connectivity index (χ3v) is 14.4. The summed E-state index contributed by atoms with van der Waals surface area (Å²) in [7, 11) is 8.72. The van der Waals surface area contributed by atoms with Gasteiger partial charge in [0.2, 0.25) is 6.29 Å². The Labute approximate surface area is 329 Å². The molecule has 12 nitrogen and oxygen atoms in total. The lowest BCUT2D eigenvalue weighted by atomic mass is 9.97. The van der Waals surface area contributed by atoms with Gasteiger partial charge in [0, 0.05) is 85.1 Å². The molecule has 4 rings (SSSR count). The lowest BCUT2D eigenvalue weighted by Crippen LogP contribution is -2.45. The predicted molar refractivity (Wildman–Crippen MR) is 209 cm³/mol. The number of carbonyl (C=O) groups excluding carboxylic acids is 1. The summed E-state index contributed by atoms with van der Waals surface area (Å²) in [6, 6.07) is 10.4. The number of halogens is 2. The van der Waals surface area contributed by atoms with Gasteiger partial charge in [-0.2, -0.15) is 0 Å². The van der Waals surface area contributed by atoms with Crippen LogP contribution >= 0.6 is 43.2 Å². The Morgan fingerprint density at radius 1 is 0.852 bits per heavy atom. The van der Waals surface area contributed by atoms with Crippen molar-refractivity contribution in [3.8, 4) is 0 Å². The lowest BCUT2D eigenvalue weighted by Gasteiger charge is -2.41. The Hall–Kier alpha value is -2.65. The molecule has 0 radical (unpaired) electrons. The molecular weight excluding hydrogens is 785 g/mol. The number of piperidine rings is 2. The topological polar surface area (TPSA) is 161 Å². The SMILES string of the molecule is COC(=O)C(c1ccccc1F)N1CCC(SSCCOOC(OC)C(c2ccccc2F)N2CCC(SSCCN)/C(=C\C(=O)O)C2)/C(=C\C(=O)O)C1. The minimum Gasteiger partial charge on any atom is -0.478 e. The maximum atomic E-state index is 15.3. The van der Waals surface area contributed by atoms with Crippen LogP contribution in [0.15, 0.2) is 71.8 Å². The van der Waals surface area contributed by atoms with E-state index in [2.05, 4.69) is 0 Å². The molecule has 54 heavy (non-hydrogen) atoms. The molecule has 2 aliphatic heterocycles. The fraction of sp³-hybridized carbons (Fsp3) is 0.472. The van der Waals surface area contributed by atoms with Gasteiger partial charge in [-0.15, -0.1) is 0 Å². The van der Waals surface area contributed by atoms with Crippen molar-refractivity contribution in [3.63, 3.8) is 0 Å². The maximum absolute atomic E-state index is 15.3. The van der Waals surface area contributed by atoms with Crippen molar-refractivity contribution >= 4 is 61.1 Å². The smallest absolute Gasteiger partial charge is 0.328 e. The average molecular weight is 830 g/mol. The molecule has 5 atom stereocenters. The molecule has 0 aromatic heterocycles. The highest BCUT2D eigenvalue weighted by Crippen LogP contribution is 2.41. The number of hydrogen-bond acceptors (Lipinski definition) is 14. The van der Waals surface area contributed by atoms with Crippen molar-refractivity contribution in [2.45, 2.75) is 41.7 Å². The maximum Gasteiger partial charge on any atom is 0.328 e. The zero-order chi connectivity index (χ0) is 39.0. The van der Waals surface area contributed by atoms with E-state index in [0.717, 1.165) is 11.8 Å². The Morgan fingerprint density at radius 2 is 1.39 bits per heavy atom. The Bertz CT molecular complexity index is 1620. The van der Waals surface area contributed by atoms with E-state index in [1.165, 1.54) is 66.1 Å². The molecule has 18 heteroatoms. The molecule has 5 unspecified atom stereocenters. The first-order valence-electron chi connectivity index (χ1n) is 17.1. The molecule has 0 spiro atoms. The van der Waals surface area contributed by atoms with Gasteiger partial charge in [0.15, 0.2) is 0 Å². The van der Waals surface area contributed by atoms with Gasteiger partial charge in [0.1, 0.15) is 17.7 Å². The lowest BCUT2D eigenvalue weighted by molar-refractivity contribution is -0.384. The fourth-order valence-corrected chi connectivity index (χ4v) is 11.3. The Kier molecular flexibility index (Phi) is 18.6. The van der Waals surface area contributed by atoms with Crippen molar-refractivity contribution in [3.05, 3.63) is 94.6 Å². The van der Waals surface area contributed by atoms with E-state index < -0.39 is 47.9 Å². The van der Waals surface area contributed by atoms with E-state index in [1.807, 2.05) is 4.90 Å². The Morgan fingerprint density at radius 3 is 1.93 bits per heavy atom. The highest BCUT2D eigenvalue weighted by atomic mass is 33.1. The summed E-state index contributed by atoms with van der Waals surface area (Å²) in [5.41, 5.74) is 7.36. The predicted octanol–water partition coefficient (Wildman–Crippen LogP) is 5.73. The van der Waals surface area contributed by atoms with Gasteiger partial charge in [-0.05, 0) is 36.1 Å². The summed E-state index contributed by atoms with van der Waals surface area (Å²) in [4.78, 5) is 51.3. The molecule has 0 bridgehead atoms. The standard InChI is InChI=1S/C36H45F2N3O9S4/c1-47-35(46)33(25-7-3-5-9-27(25)37)40-14-11-30(23(21-40)19-31(42)43)54-52-18-16-49-50-36(48-2)34(26-8-4-6-10-28(26)38)41-15-12-29(53-51-17-13-39)24(22-41)20-32(44)45/h3-10,19-20,29-30,33-34,36H,11-18,21-22,39H2,1-2H3,(H,42,43)(H,44,45)/b23-19-,24-20-. The molecule has 2 aromatic carbocycles. The van der Waals surface area contributed by atoms with Crippen LogP contribution in [-0.4, -0.2) is 120 Å². The second-order valence-electron chi connectivity index (χ2n) is 12.2. The minimum absolute atomic E-state index is 0.0536. The van der Waals surface area contributed by atoms with Crippen molar-refractivity contribution < 1.29 is 52.6 Å². The van der Waals surface area contributed by atoms with Gasteiger partial charge >= 0.3 is 17.9 Å². The molecule has 2 aromatic rings. The van der Waals surface area contributed by atoms with Crippen LogP contribution in [0, 0.1) is 11.6 Å². The number of esters is 1. The van der Waals surface area contributed by atoms with Gasteiger partial charge in [0.05, 0.1) is 19.8 Å². The van der Waals surface area contributed by atoms with E-state index in [4.69, 9.17) is 25.0 Å². The van der Waals surface area contributed by atoms with Crippen molar-refractivity contribution in [1.82, 2.24) is 9.80 Å². The zero-order valence-electron chi connectivity index (χ0n) is 29.8. The second kappa shape index (κ2) is 22.8. The average Bonchev–Trinajstić information content (AvgIpc) is 3.14. The number of benzene rings is 2. The van der Waals surface area contributed by atoms with E-state index in [1.54, 1.807) is 50.8 Å². The third-order valence-electron chi connectivity index (χ3n) is 8.65. The van der Waals surface area contributed by atoms with E-state index in [9.17, 15) is 29.0 Å². The first kappa shape index (κ1) is 44.1. The van der Waals surface area contributed by atoms with Crippen LogP contribution in [0.3, 0.4) is 0 Å². The van der Waals surface area contributed by atoms with Crippen molar-refractivity contribution in [2.24, 2.45) is 5.73 Å². The number of likely N-dealkylation sites (tertiary alicyclic amines) is 2. The van der Waals surface area contributed by atoms with Gasteiger partial charge < -0.3 is 25.4 Å². The fourth-order valence-electron chi connectivity index (χ4n) is 6.26. The molecule has 2 aliphatic rings. The third kappa shape index (κ3) is 12.7. The number of rotatable bonds is 20. The highest BCUT2D eigenvalue weighted by Gasteiger charge is 2.38. The van der Waals surface area contributed by atoms with Gasteiger partial charge in [-0.3, -0.25) is 9.80 Å². The minimum atomic E-state index is -1.13. The molecule has 0 amide bonds. The molecule has 2 saturated heterocycles. The van der Waals surface area contributed by atoms with Crippen LogP contribution in [0.5, 0.6) is 0 Å². The number of carbonyl (C=O) groups is 3. The van der Waals surface area contributed by atoms with Crippen LogP contribution in [0.1, 0.15) is 36.1 Å². The van der Waals surface area contributed by atoms with Gasteiger partial charge in [0.25, 0.3) is 0 Å². The number of ether oxygens (including phenoxy) is 2. The van der Waals surface area contributed by atoms with Gasteiger partial charge in [-0.1, -0.05) is 79.6 Å². The summed E-state index contributed by atoms with van der Waals surface area (Å²) >= 11 is 0. The zero-order valence-corrected chi connectivity index (χ0v) is 33.1. The number of carboxylic acid groups (broad SMARTS) is 2. The number of carboxylic acids is 2. The second-order valence-corrected chi connectivity index (χ2v) is 17.6. The summed E-state index contributed by atoms with van der Waals surface area (Å²) in [5, 5.41) is 19.0. The van der Waals surface area contributed by atoms with Crippen LogP contribution in [0.4, 0.5) is 8.78 Å². The van der Waals surface area contributed by atoms with Crippen LogP contribution in [0.25, 0.3) is 0 Å². The normalized spacial score (nSPS) is 21.5. The molecule has 4 N–H and O–H groups in total. The largest absolute Gasteiger partial charge is 0.478 e. The first-order chi connectivity index (χ1) is 26.1. The first-order valence-corrected chi connectivity index (χ1v) is 21.8. The summed E-state index contributed by atoms with van der Waals surface area (Å²) in [6.07, 6.45) is 2.37. The van der Waals surface area contributed by atoms with Crippen LogP contribution < -0.4 is 5.73 Å². The van der Waals surface area contributed by atoms with Crippen molar-refractivity contribution in [1.29, 1.82) is 0 Å². The molecule has 296 valence electrons. The Balaban J connectivity index is 1.37. The monoisotopic (exact) mass is 829 g/mol. The van der Waals surface area contributed by atoms with Gasteiger partial charge in [-0.25, -0.2) is 32.9 Å². The van der Waals surface area contributed by atoms with E-state index in [-0.39, 0.29) is 35.8 Å². The quantitative estimate of drug-likeness (QED) is 0.0282. The highest BCUT2D eigenvalue weighted by molar-refractivity contribution is 8.77. The van der Waals surface area contributed by atoms with Crippen molar-refractivity contribution in [2.75, 3.05) is 65.1 Å². The van der Waals surface area contributed by atoms with E-state index in [0.29, 0.717) is 54.9 Å². The molecular formula is C36H45F2N3O9S4. The molecule has 2 fully saturated rings. The number of aliphatic carboxylic acids is 2. The molecule has 0 saturated carbocycles. The summed E-state index contributed by atoms with van der Waals surface area (Å²) in [6.45, 7) is 1.88. The molecule has 2 heterocycles. The van der Waals surface area contributed by atoms with Crippen LogP contribution in [0.2, 0.25) is 0 Å². The number of nitrogens with two attached hydrogens (primary N) is 1. The summed E-state index contributed by atoms with van der Waals surface area (Å²) < 4.78 is 40.7. The summed E-state index contributed by atoms with van der Waals surface area (Å²) in [5.74, 6) is -2.71. The van der Waals surface area contributed by atoms with E-state index >= 15 is 4.39 Å². The number of hydrogen-bond donors (Lipinski definition) is 3. The number of methoxy groups -OCH3 is 2. The molecule has 0 aliphatic carbocycles. The number of nitrogens with zero attached hydrogens (tertiary/aromatic N) is 2.